The SMILES string of the molecule is CC(C)(C)OC(=O)Nc1ccc(C2CCCCN2C(=O)OC(C)(C)C)cn1. The Morgan fingerprint density at radius 3 is 2.30 bits per heavy atom. The molecule has 1 aliphatic heterocycles. The van der Waals surface area contributed by atoms with Gasteiger partial charge in [-0.1, -0.05) is 6.07 Å². The molecule has 150 valence electrons. The van der Waals surface area contributed by atoms with E-state index in [1.165, 1.54) is 0 Å². The van der Waals surface area contributed by atoms with Crippen LogP contribution in [0.4, 0.5) is 15.4 Å². The van der Waals surface area contributed by atoms with Crippen molar-refractivity contribution in [3.8, 4) is 0 Å². The molecule has 0 aromatic carbocycles. The number of pyridine rings is 1. The lowest BCUT2D eigenvalue weighted by Crippen LogP contribution is -2.41. The van der Waals surface area contributed by atoms with Gasteiger partial charge in [-0.25, -0.2) is 14.6 Å². The fourth-order valence-electron chi connectivity index (χ4n) is 2.90. The number of anilines is 1. The van der Waals surface area contributed by atoms with Crippen molar-refractivity contribution in [1.29, 1.82) is 0 Å². The summed E-state index contributed by atoms with van der Waals surface area (Å²) in [7, 11) is 0. The molecular weight excluding hydrogens is 346 g/mol. The van der Waals surface area contributed by atoms with Crippen molar-refractivity contribution in [2.75, 3.05) is 11.9 Å². The summed E-state index contributed by atoms with van der Waals surface area (Å²) in [6.45, 7) is 11.7. The molecule has 1 atom stereocenters. The number of rotatable bonds is 2. The molecule has 1 fully saturated rings. The molecule has 7 heteroatoms. The first kappa shape index (κ1) is 21.0. The van der Waals surface area contributed by atoms with Gasteiger partial charge in [0.05, 0.1) is 6.04 Å². The number of piperidine rings is 1. The van der Waals surface area contributed by atoms with Crippen LogP contribution in [-0.2, 0) is 9.47 Å². The third kappa shape index (κ3) is 6.73. The zero-order chi connectivity index (χ0) is 20.2. The lowest BCUT2D eigenvalue weighted by molar-refractivity contribution is 0.00947. The summed E-state index contributed by atoms with van der Waals surface area (Å²) in [5.74, 6) is 0.410. The van der Waals surface area contributed by atoms with Crippen molar-refractivity contribution in [3.63, 3.8) is 0 Å². The first-order valence-electron chi connectivity index (χ1n) is 9.40. The standard InChI is InChI=1S/C20H31N3O4/c1-19(2,3)26-17(24)22-16-11-10-14(13-21-16)15-9-7-8-12-23(15)18(25)27-20(4,5)6/h10-11,13,15H,7-9,12H2,1-6H3,(H,21,22,24). The molecule has 0 saturated carbocycles. The molecule has 2 rings (SSSR count). The van der Waals surface area contributed by atoms with Gasteiger partial charge < -0.3 is 14.4 Å². The molecule has 1 aromatic heterocycles. The largest absolute Gasteiger partial charge is 0.444 e. The number of hydrogen-bond donors (Lipinski definition) is 1. The minimum atomic E-state index is -0.569. The summed E-state index contributed by atoms with van der Waals surface area (Å²) in [6.07, 6.45) is 3.71. The predicted molar refractivity (Wildman–Crippen MR) is 104 cm³/mol. The summed E-state index contributed by atoms with van der Waals surface area (Å²) in [5.41, 5.74) is -0.172. The van der Waals surface area contributed by atoms with Gasteiger partial charge in [-0.05, 0) is 72.4 Å². The van der Waals surface area contributed by atoms with Crippen LogP contribution < -0.4 is 5.32 Å². The van der Waals surface area contributed by atoms with Crippen LogP contribution in [0.3, 0.4) is 0 Å². The second kappa shape index (κ2) is 8.15. The fourth-order valence-corrected chi connectivity index (χ4v) is 2.90. The molecule has 1 aromatic rings. The minimum Gasteiger partial charge on any atom is -0.444 e. The summed E-state index contributed by atoms with van der Waals surface area (Å²) in [6, 6.07) is 3.53. The molecule has 0 bridgehead atoms. The molecule has 1 unspecified atom stereocenters. The van der Waals surface area contributed by atoms with Crippen LogP contribution in [0.25, 0.3) is 0 Å². The van der Waals surface area contributed by atoms with E-state index in [9.17, 15) is 9.59 Å². The summed E-state index contributed by atoms with van der Waals surface area (Å²) >= 11 is 0. The lowest BCUT2D eigenvalue weighted by Gasteiger charge is -2.36. The van der Waals surface area contributed by atoms with Crippen molar-refractivity contribution in [3.05, 3.63) is 23.9 Å². The lowest BCUT2D eigenvalue weighted by atomic mass is 9.97. The smallest absolute Gasteiger partial charge is 0.413 e. The van der Waals surface area contributed by atoms with E-state index in [0.717, 1.165) is 24.8 Å². The van der Waals surface area contributed by atoms with E-state index in [-0.39, 0.29) is 12.1 Å². The van der Waals surface area contributed by atoms with Gasteiger partial charge in [-0.15, -0.1) is 0 Å². The Bertz CT molecular complexity index is 659. The molecule has 27 heavy (non-hydrogen) atoms. The number of hydrogen-bond acceptors (Lipinski definition) is 5. The second-order valence-electron chi connectivity index (χ2n) is 8.79. The monoisotopic (exact) mass is 377 g/mol. The Balaban J connectivity index is 2.07. The van der Waals surface area contributed by atoms with Crippen molar-refractivity contribution in [1.82, 2.24) is 9.88 Å². The maximum Gasteiger partial charge on any atom is 0.413 e. The molecule has 7 nitrogen and oxygen atoms in total. The molecule has 1 saturated heterocycles. The average Bonchev–Trinajstić information content (AvgIpc) is 2.52. The Morgan fingerprint density at radius 2 is 1.74 bits per heavy atom. The van der Waals surface area contributed by atoms with E-state index < -0.39 is 17.3 Å². The van der Waals surface area contributed by atoms with Gasteiger partial charge in [0.2, 0.25) is 0 Å². The highest BCUT2D eigenvalue weighted by Crippen LogP contribution is 2.32. The van der Waals surface area contributed by atoms with Crippen LogP contribution in [0, 0.1) is 0 Å². The topological polar surface area (TPSA) is 80.8 Å². The van der Waals surface area contributed by atoms with E-state index in [4.69, 9.17) is 9.47 Å². The Hall–Kier alpha value is -2.31. The van der Waals surface area contributed by atoms with Crippen LogP contribution in [0.15, 0.2) is 18.3 Å². The van der Waals surface area contributed by atoms with Crippen molar-refractivity contribution >= 4 is 18.0 Å². The average molecular weight is 377 g/mol. The van der Waals surface area contributed by atoms with Gasteiger partial charge in [0.1, 0.15) is 17.0 Å². The van der Waals surface area contributed by atoms with Crippen LogP contribution in [0.2, 0.25) is 0 Å². The highest BCUT2D eigenvalue weighted by molar-refractivity contribution is 5.83. The normalized spacial score (nSPS) is 18.0. The first-order chi connectivity index (χ1) is 12.4. The summed E-state index contributed by atoms with van der Waals surface area (Å²) in [5, 5.41) is 2.62. The number of ether oxygens (including phenoxy) is 2. The number of nitrogens with one attached hydrogen (secondary N) is 1. The van der Waals surface area contributed by atoms with E-state index in [1.807, 2.05) is 26.8 Å². The molecule has 1 N–H and O–H groups in total. The molecule has 0 radical (unpaired) electrons. The van der Waals surface area contributed by atoms with E-state index in [0.29, 0.717) is 12.4 Å². The zero-order valence-corrected chi connectivity index (χ0v) is 17.2. The highest BCUT2D eigenvalue weighted by Gasteiger charge is 2.31. The van der Waals surface area contributed by atoms with Crippen molar-refractivity contribution in [2.24, 2.45) is 0 Å². The molecular formula is C20H31N3O4. The van der Waals surface area contributed by atoms with E-state index in [1.54, 1.807) is 37.9 Å². The van der Waals surface area contributed by atoms with Crippen LogP contribution in [0.1, 0.15) is 72.4 Å². The summed E-state index contributed by atoms with van der Waals surface area (Å²) < 4.78 is 10.8. The number of amides is 2. The van der Waals surface area contributed by atoms with Gasteiger partial charge in [0, 0.05) is 12.7 Å². The third-order valence-corrected chi connectivity index (χ3v) is 3.93. The highest BCUT2D eigenvalue weighted by atomic mass is 16.6. The number of carbonyl (C=O) groups excluding carboxylic acids is 2. The Kier molecular flexibility index (Phi) is 6.34. The molecule has 2 heterocycles. The van der Waals surface area contributed by atoms with Gasteiger partial charge in [0.25, 0.3) is 0 Å². The minimum absolute atomic E-state index is 0.0725. The van der Waals surface area contributed by atoms with E-state index in [2.05, 4.69) is 10.3 Å². The quantitative estimate of drug-likeness (QED) is 0.793. The molecule has 0 spiro atoms. The Morgan fingerprint density at radius 1 is 1.07 bits per heavy atom. The maximum absolute atomic E-state index is 12.6. The van der Waals surface area contributed by atoms with Crippen molar-refractivity contribution < 1.29 is 19.1 Å². The fraction of sp³-hybridized carbons (Fsp3) is 0.650. The summed E-state index contributed by atoms with van der Waals surface area (Å²) in [4.78, 5) is 30.5. The Labute approximate surface area is 161 Å². The number of aromatic nitrogens is 1. The van der Waals surface area contributed by atoms with Gasteiger partial charge in [-0.2, -0.15) is 0 Å². The van der Waals surface area contributed by atoms with Crippen molar-refractivity contribution in [2.45, 2.75) is 78.0 Å². The first-order valence-corrected chi connectivity index (χ1v) is 9.40. The van der Waals surface area contributed by atoms with Crippen LogP contribution in [0.5, 0.6) is 0 Å². The van der Waals surface area contributed by atoms with E-state index >= 15 is 0 Å². The second-order valence-corrected chi connectivity index (χ2v) is 8.79. The molecule has 1 aliphatic rings. The number of carbonyl (C=O) groups is 2. The number of likely N-dealkylation sites (tertiary alicyclic amines) is 1. The van der Waals surface area contributed by atoms with Gasteiger partial charge in [0.15, 0.2) is 0 Å². The zero-order valence-electron chi connectivity index (χ0n) is 17.2. The molecule has 2 amide bonds. The van der Waals surface area contributed by atoms with Crippen LogP contribution >= 0.6 is 0 Å². The van der Waals surface area contributed by atoms with Crippen LogP contribution in [-0.4, -0.2) is 39.8 Å². The third-order valence-electron chi connectivity index (χ3n) is 3.93. The molecule has 0 aliphatic carbocycles. The maximum atomic E-state index is 12.6. The van der Waals surface area contributed by atoms with Gasteiger partial charge in [-0.3, -0.25) is 5.32 Å². The number of nitrogens with zero attached hydrogens (tertiary/aromatic N) is 2. The van der Waals surface area contributed by atoms with Gasteiger partial charge >= 0.3 is 12.2 Å². The predicted octanol–water partition coefficient (Wildman–Crippen LogP) is 4.89.